The van der Waals surface area contributed by atoms with Gasteiger partial charge in [0.15, 0.2) is 0 Å². The molecule has 2 unspecified atom stereocenters. The number of nitrogens with zero attached hydrogens (tertiary/aromatic N) is 2. The molecule has 2 atom stereocenters. The first kappa shape index (κ1) is 14.1. The fourth-order valence-electron chi connectivity index (χ4n) is 3.67. The Kier molecular flexibility index (Phi) is 3.64. The van der Waals surface area contributed by atoms with Gasteiger partial charge in [0.25, 0.3) is 0 Å². The molecule has 0 bridgehead atoms. The Morgan fingerprint density at radius 1 is 1.30 bits per heavy atom. The molecule has 0 amide bonds. The molecule has 6 heteroatoms. The van der Waals surface area contributed by atoms with Crippen molar-refractivity contribution in [3.8, 4) is 0 Å². The monoisotopic (exact) mass is 297 g/mol. The van der Waals surface area contributed by atoms with Gasteiger partial charge in [0.1, 0.15) is 4.90 Å². The second-order valence-electron chi connectivity index (χ2n) is 5.93. The number of hydrogen-bond donors (Lipinski definition) is 1. The number of aromatic nitrogens is 1. The smallest absolute Gasteiger partial charge is 0.244 e. The quantitative estimate of drug-likeness (QED) is 0.913. The third-order valence-electron chi connectivity index (χ3n) is 4.84. The lowest BCUT2D eigenvalue weighted by molar-refractivity contribution is 0.445. The van der Waals surface area contributed by atoms with Crippen molar-refractivity contribution in [1.82, 2.24) is 8.87 Å². The van der Waals surface area contributed by atoms with Crippen LogP contribution in [0, 0.1) is 11.8 Å². The highest BCUT2D eigenvalue weighted by atomic mass is 32.2. The molecule has 1 saturated heterocycles. The molecule has 0 spiro atoms. The van der Waals surface area contributed by atoms with Crippen LogP contribution in [-0.2, 0) is 23.1 Å². The Hall–Kier alpha value is -0.850. The van der Waals surface area contributed by atoms with Crippen molar-refractivity contribution in [3.05, 3.63) is 18.0 Å². The van der Waals surface area contributed by atoms with Gasteiger partial charge in [-0.3, -0.25) is 0 Å². The zero-order chi connectivity index (χ0) is 14.3. The molecule has 20 heavy (non-hydrogen) atoms. The van der Waals surface area contributed by atoms with Crippen LogP contribution in [0.3, 0.4) is 0 Å². The van der Waals surface area contributed by atoms with Gasteiger partial charge in [0.05, 0.1) is 0 Å². The van der Waals surface area contributed by atoms with Gasteiger partial charge in [0.2, 0.25) is 10.0 Å². The summed E-state index contributed by atoms with van der Waals surface area (Å²) in [5.74, 6) is 1.15. The average molecular weight is 297 g/mol. The van der Waals surface area contributed by atoms with Gasteiger partial charge in [-0.25, -0.2) is 8.42 Å². The topological polar surface area (TPSA) is 68.3 Å². The predicted molar refractivity (Wildman–Crippen MR) is 77.6 cm³/mol. The molecule has 1 aliphatic heterocycles. The predicted octanol–water partition coefficient (Wildman–Crippen LogP) is 1.39. The van der Waals surface area contributed by atoms with Crippen LogP contribution in [0.2, 0.25) is 0 Å². The highest BCUT2D eigenvalue weighted by Crippen LogP contribution is 2.39. The molecule has 1 aromatic rings. The fraction of sp³-hybridized carbons (Fsp3) is 0.714. The van der Waals surface area contributed by atoms with Crippen LogP contribution in [0.15, 0.2) is 17.2 Å². The van der Waals surface area contributed by atoms with E-state index in [4.69, 9.17) is 5.73 Å². The number of aryl methyl sites for hydroxylation is 1. The van der Waals surface area contributed by atoms with E-state index in [1.807, 2.05) is 11.5 Å². The maximum atomic E-state index is 12.7. The summed E-state index contributed by atoms with van der Waals surface area (Å²) in [6.45, 7) is 4.50. The Bertz CT molecular complexity index is 560. The van der Waals surface area contributed by atoms with Gasteiger partial charge in [0, 0.05) is 38.1 Å². The molecule has 112 valence electrons. The lowest BCUT2D eigenvalue weighted by Gasteiger charge is -2.16. The fourth-order valence-corrected chi connectivity index (χ4v) is 5.29. The molecule has 0 aromatic carbocycles. The van der Waals surface area contributed by atoms with Crippen molar-refractivity contribution < 1.29 is 8.42 Å². The molecular weight excluding hydrogens is 274 g/mol. The van der Waals surface area contributed by atoms with Gasteiger partial charge < -0.3 is 10.3 Å². The summed E-state index contributed by atoms with van der Waals surface area (Å²) in [7, 11) is -3.35. The van der Waals surface area contributed by atoms with E-state index in [1.54, 1.807) is 16.6 Å². The summed E-state index contributed by atoms with van der Waals surface area (Å²) in [6.07, 6.45) is 5.35. The number of hydrogen-bond acceptors (Lipinski definition) is 3. The van der Waals surface area contributed by atoms with E-state index in [-0.39, 0.29) is 0 Å². The van der Waals surface area contributed by atoms with Crippen LogP contribution in [0.25, 0.3) is 0 Å². The van der Waals surface area contributed by atoms with Crippen molar-refractivity contribution in [3.63, 3.8) is 0 Å². The van der Waals surface area contributed by atoms with Gasteiger partial charge in [-0.1, -0.05) is 6.42 Å². The molecule has 0 radical (unpaired) electrons. The number of fused-ring (bicyclic) bond motifs is 1. The molecule has 2 heterocycles. The number of sulfonamides is 1. The Labute approximate surface area is 120 Å². The van der Waals surface area contributed by atoms with E-state index in [0.29, 0.717) is 36.4 Å². The second-order valence-corrected chi connectivity index (χ2v) is 7.87. The number of nitrogens with two attached hydrogens (primary N) is 1. The maximum absolute atomic E-state index is 12.7. The van der Waals surface area contributed by atoms with E-state index in [9.17, 15) is 8.42 Å². The van der Waals surface area contributed by atoms with Gasteiger partial charge >= 0.3 is 0 Å². The van der Waals surface area contributed by atoms with E-state index in [2.05, 4.69) is 0 Å². The molecule has 3 rings (SSSR count). The third-order valence-corrected chi connectivity index (χ3v) is 6.64. The lowest BCUT2D eigenvalue weighted by Crippen LogP contribution is -2.29. The normalized spacial score (nSPS) is 27.1. The number of rotatable bonds is 4. The lowest BCUT2D eigenvalue weighted by atomic mass is 10.0. The van der Waals surface area contributed by atoms with Crippen molar-refractivity contribution in [2.24, 2.45) is 17.6 Å². The minimum absolute atomic E-state index is 0.370. The van der Waals surface area contributed by atoms with E-state index >= 15 is 0 Å². The van der Waals surface area contributed by atoms with Crippen LogP contribution >= 0.6 is 0 Å². The molecule has 1 saturated carbocycles. The molecule has 2 aliphatic rings. The molecule has 2 N–H and O–H groups in total. The van der Waals surface area contributed by atoms with Gasteiger partial charge in [-0.05, 0) is 37.7 Å². The third kappa shape index (κ3) is 2.19. The van der Waals surface area contributed by atoms with Crippen molar-refractivity contribution in [1.29, 1.82) is 0 Å². The zero-order valence-electron chi connectivity index (χ0n) is 12.0. The van der Waals surface area contributed by atoms with Crippen LogP contribution in [0.1, 0.15) is 31.9 Å². The largest absolute Gasteiger partial charge is 0.349 e. The van der Waals surface area contributed by atoms with E-state index in [0.717, 1.165) is 12.2 Å². The maximum Gasteiger partial charge on any atom is 0.244 e. The van der Waals surface area contributed by atoms with Crippen molar-refractivity contribution in [2.45, 2.75) is 44.2 Å². The van der Waals surface area contributed by atoms with Crippen LogP contribution < -0.4 is 5.73 Å². The highest BCUT2D eigenvalue weighted by molar-refractivity contribution is 7.89. The van der Waals surface area contributed by atoms with Gasteiger partial charge in [-0.15, -0.1) is 0 Å². The van der Waals surface area contributed by atoms with E-state index < -0.39 is 10.0 Å². The van der Waals surface area contributed by atoms with Crippen LogP contribution in [-0.4, -0.2) is 30.4 Å². The van der Waals surface area contributed by atoms with Gasteiger partial charge in [-0.2, -0.15) is 4.31 Å². The molecule has 1 aromatic heterocycles. The molecule has 5 nitrogen and oxygen atoms in total. The van der Waals surface area contributed by atoms with Crippen LogP contribution in [0.4, 0.5) is 0 Å². The second kappa shape index (κ2) is 5.16. The summed E-state index contributed by atoms with van der Waals surface area (Å²) in [4.78, 5) is 0.403. The highest BCUT2D eigenvalue weighted by Gasteiger charge is 2.41. The van der Waals surface area contributed by atoms with Crippen molar-refractivity contribution >= 4 is 10.0 Å². The Balaban J connectivity index is 1.87. The Morgan fingerprint density at radius 3 is 2.45 bits per heavy atom. The first-order chi connectivity index (χ1) is 9.56. The molecule has 2 fully saturated rings. The summed E-state index contributed by atoms with van der Waals surface area (Å²) in [5.41, 5.74) is 6.56. The molecule has 1 aliphatic carbocycles. The first-order valence-electron chi connectivity index (χ1n) is 7.45. The van der Waals surface area contributed by atoms with Crippen LogP contribution in [0.5, 0.6) is 0 Å². The Morgan fingerprint density at radius 2 is 1.95 bits per heavy atom. The standard InChI is InChI=1S/C14H23N3O2S/c1-2-16-10-14(6-13(16)7-15)20(18,19)17-8-11-4-3-5-12(11)9-17/h6,10-12H,2-5,7-9,15H2,1H3. The minimum atomic E-state index is -3.35. The average Bonchev–Trinajstić information content (AvgIpc) is 3.11. The summed E-state index contributed by atoms with van der Waals surface area (Å²) >= 11 is 0. The first-order valence-corrected chi connectivity index (χ1v) is 8.89. The zero-order valence-corrected chi connectivity index (χ0v) is 12.8. The molecular formula is C14H23N3O2S. The SMILES string of the molecule is CCn1cc(S(=O)(=O)N2CC3CCCC3C2)cc1CN. The summed E-state index contributed by atoms with van der Waals surface area (Å²) < 4.78 is 29.1. The minimum Gasteiger partial charge on any atom is -0.349 e. The van der Waals surface area contributed by atoms with E-state index in [1.165, 1.54) is 19.3 Å². The summed E-state index contributed by atoms with van der Waals surface area (Å²) in [6, 6.07) is 1.73. The summed E-state index contributed by atoms with van der Waals surface area (Å²) in [5, 5.41) is 0. The van der Waals surface area contributed by atoms with Crippen molar-refractivity contribution in [2.75, 3.05) is 13.1 Å².